The summed E-state index contributed by atoms with van der Waals surface area (Å²) in [5.74, 6) is 0.430. The molecule has 0 fully saturated rings. The van der Waals surface area contributed by atoms with Gasteiger partial charge in [0.15, 0.2) is 5.82 Å². The summed E-state index contributed by atoms with van der Waals surface area (Å²) in [6.07, 6.45) is 0.992. The van der Waals surface area contributed by atoms with Crippen molar-refractivity contribution in [2.24, 2.45) is 0 Å². The molecule has 0 saturated heterocycles. The summed E-state index contributed by atoms with van der Waals surface area (Å²) < 4.78 is 1.19. The topological polar surface area (TPSA) is 73.8 Å². The van der Waals surface area contributed by atoms with Gasteiger partial charge in [-0.15, -0.1) is 5.10 Å². The minimum Gasteiger partial charge on any atom is -0.368 e. The lowest BCUT2D eigenvalue weighted by molar-refractivity contribution is 0.0890. The number of carbonyl (C=O) groups excluding carboxylic acids is 1. The molecule has 0 aliphatic heterocycles. The van der Waals surface area contributed by atoms with Crippen LogP contribution in [0.4, 0.5) is 5.95 Å². The zero-order chi connectivity index (χ0) is 15.4. The standard InChI is InChI=1S/C17H16N4O/c18-17-19-16(14-9-5-2-6-10-14)20-21(17)15(22)12-11-13-7-3-1-4-8-13/h1-10H,11-12H2,(H2,18,19,20). The first-order valence-corrected chi connectivity index (χ1v) is 7.09. The number of anilines is 1. The minimum absolute atomic E-state index is 0.122. The van der Waals surface area contributed by atoms with Crippen molar-refractivity contribution in [3.8, 4) is 11.4 Å². The van der Waals surface area contributed by atoms with Crippen molar-refractivity contribution in [2.45, 2.75) is 12.8 Å². The molecule has 110 valence electrons. The smallest absolute Gasteiger partial charge is 0.250 e. The molecule has 3 rings (SSSR count). The number of carbonyl (C=O) groups is 1. The fraction of sp³-hybridized carbons (Fsp3) is 0.118. The summed E-state index contributed by atoms with van der Waals surface area (Å²) in [6, 6.07) is 19.3. The van der Waals surface area contributed by atoms with Gasteiger partial charge in [0.2, 0.25) is 11.9 Å². The molecule has 0 aliphatic rings. The Bertz CT molecular complexity index is 766. The molecule has 1 heterocycles. The van der Waals surface area contributed by atoms with Crippen molar-refractivity contribution in [3.63, 3.8) is 0 Å². The van der Waals surface area contributed by atoms with E-state index in [1.165, 1.54) is 4.68 Å². The van der Waals surface area contributed by atoms with Gasteiger partial charge in [0.05, 0.1) is 0 Å². The van der Waals surface area contributed by atoms with Crippen molar-refractivity contribution in [1.29, 1.82) is 0 Å². The van der Waals surface area contributed by atoms with Crippen LogP contribution in [0.1, 0.15) is 16.8 Å². The Morgan fingerprint density at radius 2 is 1.64 bits per heavy atom. The normalized spacial score (nSPS) is 10.5. The lowest BCUT2D eigenvalue weighted by Gasteiger charge is -2.02. The maximum Gasteiger partial charge on any atom is 0.250 e. The first-order valence-electron chi connectivity index (χ1n) is 7.09. The van der Waals surface area contributed by atoms with E-state index >= 15 is 0 Å². The van der Waals surface area contributed by atoms with Gasteiger partial charge in [0, 0.05) is 12.0 Å². The zero-order valence-electron chi connectivity index (χ0n) is 12.0. The molecule has 2 aromatic carbocycles. The Balaban J connectivity index is 1.74. The van der Waals surface area contributed by atoms with E-state index in [9.17, 15) is 4.79 Å². The largest absolute Gasteiger partial charge is 0.368 e. The van der Waals surface area contributed by atoms with Crippen LogP contribution >= 0.6 is 0 Å². The lowest BCUT2D eigenvalue weighted by Crippen LogP contribution is -2.15. The molecule has 1 aromatic heterocycles. The van der Waals surface area contributed by atoms with Gasteiger partial charge in [-0.05, 0) is 12.0 Å². The summed E-state index contributed by atoms with van der Waals surface area (Å²) in [7, 11) is 0. The van der Waals surface area contributed by atoms with Gasteiger partial charge in [-0.1, -0.05) is 60.7 Å². The van der Waals surface area contributed by atoms with E-state index in [0.717, 1.165) is 11.1 Å². The summed E-state index contributed by atoms with van der Waals surface area (Å²) in [6.45, 7) is 0. The third-order valence-electron chi connectivity index (χ3n) is 3.37. The molecule has 0 atom stereocenters. The molecule has 0 spiro atoms. The monoisotopic (exact) mass is 292 g/mol. The summed E-state index contributed by atoms with van der Waals surface area (Å²) in [5.41, 5.74) is 7.76. The summed E-state index contributed by atoms with van der Waals surface area (Å²) >= 11 is 0. The predicted molar refractivity (Wildman–Crippen MR) is 85.3 cm³/mol. The van der Waals surface area contributed by atoms with Crippen LogP contribution in [0, 0.1) is 0 Å². The number of rotatable bonds is 4. The van der Waals surface area contributed by atoms with Gasteiger partial charge in [0.1, 0.15) is 0 Å². The third-order valence-corrected chi connectivity index (χ3v) is 3.37. The first kappa shape index (κ1) is 14.0. The fourth-order valence-electron chi connectivity index (χ4n) is 2.22. The number of aromatic nitrogens is 3. The van der Waals surface area contributed by atoms with E-state index in [1.54, 1.807) is 0 Å². The van der Waals surface area contributed by atoms with Crippen molar-refractivity contribution >= 4 is 11.9 Å². The molecular formula is C17H16N4O. The highest BCUT2D eigenvalue weighted by Gasteiger charge is 2.14. The van der Waals surface area contributed by atoms with Gasteiger partial charge in [-0.25, -0.2) is 0 Å². The molecule has 0 amide bonds. The van der Waals surface area contributed by atoms with E-state index in [0.29, 0.717) is 18.7 Å². The number of nitrogen functional groups attached to an aromatic ring is 1. The van der Waals surface area contributed by atoms with Gasteiger partial charge >= 0.3 is 0 Å². The molecule has 22 heavy (non-hydrogen) atoms. The second-order valence-electron chi connectivity index (χ2n) is 4.95. The van der Waals surface area contributed by atoms with Crippen LogP contribution < -0.4 is 5.73 Å². The molecule has 0 unspecified atom stereocenters. The molecule has 3 aromatic rings. The third kappa shape index (κ3) is 3.03. The number of nitrogens with zero attached hydrogens (tertiary/aromatic N) is 3. The Hall–Kier alpha value is -2.95. The zero-order valence-corrected chi connectivity index (χ0v) is 12.0. The van der Waals surface area contributed by atoms with Crippen LogP contribution in [-0.4, -0.2) is 20.7 Å². The first-order chi connectivity index (χ1) is 10.7. The fourth-order valence-corrected chi connectivity index (χ4v) is 2.22. The molecule has 0 saturated carbocycles. The van der Waals surface area contributed by atoms with Crippen LogP contribution in [0.3, 0.4) is 0 Å². The Labute approximate surface area is 128 Å². The van der Waals surface area contributed by atoms with Gasteiger partial charge in [0.25, 0.3) is 0 Å². The van der Waals surface area contributed by atoms with Crippen LogP contribution in [-0.2, 0) is 6.42 Å². The van der Waals surface area contributed by atoms with Crippen molar-refractivity contribution in [3.05, 3.63) is 66.2 Å². The van der Waals surface area contributed by atoms with Crippen LogP contribution in [0.5, 0.6) is 0 Å². The van der Waals surface area contributed by atoms with E-state index in [1.807, 2.05) is 60.7 Å². The minimum atomic E-state index is -0.156. The van der Waals surface area contributed by atoms with Crippen LogP contribution in [0.25, 0.3) is 11.4 Å². The van der Waals surface area contributed by atoms with E-state index in [2.05, 4.69) is 10.1 Å². The number of nitrogens with two attached hydrogens (primary N) is 1. The second kappa shape index (κ2) is 6.22. The Morgan fingerprint density at radius 1 is 1.00 bits per heavy atom. The average Bonchev–Trinajstić information content (AvgIpc) is 2.96. The molecule has 2 N–H and O–H groups in total. The molecule has 5 nitrogen and oxygen atoms in total. The molecular weight excluding hydrogens is 276 g/mol. The summed E-state index contributed by atoms with van der Waals surface area (Å²) in [4.78, 5) is 16.4. The van der Waals surface area contributed by atoms with Crippen LogP contribution in [0.2, 0.25) is 0 Å². The highest BCUT2D eigenvalue weighted by atomic mass is 16.2. The highest BCUT2D eigenvalue weighted by molar-refractivity contribution is 5.81. The Morgan fingerprint density at radius 3 is 2.32 bits per heavy atom. The lowest BCUT2D eigenvalue weighted by atomic mass is 10.1. The molecule has 0 radical (unpaired) electrons. The quantitative estimate of drug-likeness (QED) is 0.802. The SMILES string of the molecule is Nc1nc(-c2ccccc2)nn1C(=O)CCc1ccccc1. The van der Waals surface area contributed by atoms with Crippen LogP contribution in [0.15, 0.2) is 60.7 Å². The number of aryl methyl sites for hydroxylation is 1. The number of hydrogen-bond donors (Lipinski definition) is 1. The van der Waals surface area contributed by atoms with E-state index in [-0.39, 0.29) is 11.9 Å². The van der Waals surface area contributed by atoms with E-state index in [4.69, 9.17) is 5.73 Å². The van der Waals surface area contributed by atoms with Gasteiger partial charge in [-0.3, -0.25) is 4.79 Å². The maximum atomic E-state index is 12.3. The molecule has 5 heteroatoms. The predicted octanol–water partition coefficient (Wildman–Crippen LogP) is 2.80. The molecule has 0 aliphatic carbocycles. The maximum absolute atomic E-state index is 12.3. The highest BCUT2D eigenvalue weighted by Crippen LogP contribution is 2.16. The van der Waals surface area contributed by atoms with Crippen molar-refractivity contribution in [2.75, 3.05) is 5.73 Å². The van der Waals surface area contributed by atoms with Crippen molar-refractivity contribution < 1.29 is 4.79 Å². The van der Waals surface area contributed by atoms with Gasteiger partial charge in [-0.2, -0.15) is 9.67 Å². The molecule has 0 bridgehead atoms. The number of hydrogen-bond acceptors (Lipinski definition) is 4. The summed E-state index contributed by atoms with van der Waals surface area (Å²) in [5, 5.41) is 4.22. The average molecular weight is 292 g/mol. The van der Waals surface area contributed by atoms with Crippen molar-refractivity contribution in [1.82, 2.24) is 14.8 Å². The Kier molecular flexibility index (Phi) is 3.96. The number of benzene rings is 2. The van der Waals surface area contributed by atoms with Gasteiger partial charge < -0.3 is 5.73 Å². The second-order valence-corrected chi connectivity index (χ2v) is 4.95. The van der Waals surface area contributed by atoms with E-state index < -0.39 is 0 Å².